The maximum atomic E-state index is 12.5. The summed E-state index contributed by atoms with van der Waals surface area (Å²) in [5, 5.41) is 12.5. The number of unbranched alkanes of at least 4 members (excludes halogenated alkanes) is 5. The van der Waals surface area contributed by atoms with Gasteiger partial charge in [0, 0.05) is 0 Å². The first-order chi connectivity index (χ1) is 15.0. The van der Waals surface area contributed by atoms with Crippen LogP contribution in [0.1, 0.15) is 51.0 Å². The average molecular weight is 569 g/mol. The number of nitrogens with zero attached hydrogens (tertiary/aromatic N) is 1. The SMILES string of the molecule is CCCCCCCCOc1c(Br)cc(/C=C(\C#N)C(=O)Nc2ccccc2Cl)cc1Br. The average Bonchev–Trinajstić information content (AvgIpc) is 2.74. The predicted octanol–water partition coefficient (Wildman–Crippen LogP) is 8.15. The van der Waals surface area contributed by atoms with E-state index in [1.807, 2.05) is 18.2 Å². The normalized spacial score (nSPS) is 11.1. The van der Waals surface area contributed by atoms with Crippen molar-refractivity contribution in [1.82, 2.24) is 0 Å². The Balaban J connectivity index is 2.03. The number of carbonyl (C=O) groups excluding carboxylic acids is 1. The number of benzene rings is 2. The first kappa shape index (κ1) is 25.5. The minimum Gasteiger partial charge on any atom is -0.491 e. The van der Waals surface area contributed by atoms with Gasteiger partial charge in [-0.2, -0.15) is 5.26 Å². The topological polar surface area (TPSA) is 62.1 Å². The van der Waals surface area contributed by atoms with Gasteiger partial charge in [-0.15, -0.1) is 0 Å². The van der Waals surface area contributed by atoms with Crippen molar-refractivity contribution >= 4 is 61.1 Å². The number of nitriles is 1. The summed E-state index contributed by atoms with van der Waals surface area (Å²) in [5.74, 6) is 0.191. The van der Waals surface area contributed by atoms with Crippen molar-refractivity contribution in [3.05, 3.63) is 61.5 Å². The van der Waals surface area contributed by atoms with Gasteiger partial charge in [-0.25, -0.2) is 0 Å². The molecule has 2 aromatic rings. The minimum atomic E-state index is -0.522. The molecule has 2 rings (SSSR count). The van der Waals surface area contributed by atoms with Crippen LogP contribution in [0.4, 0.5) is 5.69 Å². The highest BCUT2D eigenvalue weighted by Crippen LogP contribution is 2.35. The van der Waals surface area contributed by atoms with Gasteiger partial charge in [-0.3, -0.25) is 4.79 Å². The van der Waals surface area contributed by atoms with Gasteiger partial charge in [0.25, 0.3) is 5.91 Å². The molecule has 164 valence electrons. The number of nitrogens with one attached hydrogen (secondary N) is 1. The Morgan fingerprint density at radius 2 is 1.77 bits per heavy atom. The highest BCUT2D eigenvalue weighted by Gasteiger charge is 2.13. The van der Waals surface area contributed by atoms with Crippen molar-refractivity contribution in [2.75, 3.05) is 11.9 Å². The number of amides is 1. The highest BCUT2D eigenvalue weighted by molar-refractivity contribution is 9.11. The number of rotatable bonds is 11. The molecule has 0 aliphatic heterocycles. The molecular formula is C24H25Br2ClN2O2. The molecule has 7 heteroatoms. The third kappa shape index (κ3) is 8.33. The van der Waals surface area contributed by atoms with Gasteiger partial charge in [-0.1, -0.05) is 62.8 Å². The lowest BCUT2D eigenvalue weighted by molar-refractivity contribution is -0.112. The van der Waals surface area contributed by atoms with Crippen LogP contribution < -0.4 is 10.1 Å². The summed E-state index contributed by atoms with van der Waals surface area (Å²) in [4.78, 5) is 12.5. The molecule has 0 spiro atoms. The van der Waals surface area contributed by atoms with Crippen molar-refractivity contribution < 1.29 is 9.53 Å². The summed E-state index contributed by atoms with van der Waals surface area (Å²) in [5.41, 5.74) is 1.12. The molecule has 2 aromatic carbocycles. The summed E-state index contributed by atoms with van der Waals surface area (Å²) in [6.07, 6.45) is 8.72. The first-order valence-electron chi connectivity index (χ1n) is 10.3. The van der Waals surface area contributed by atoms with E-state index in [2.05, 4.69) is 44.1 Å². The van der Waals surface area contributed by atoms with E-state index in [9.17, 15) is 10.1 Å². The Morgan fingerprint density at radius 1 is 1.13 bits per heavy atom. The van der Waals surface area contributed by atoms with Gasteiger partial charge in [0.15, 0.2) is 0 Å². The van der Waals surface area contributed by atoms with E-state index in [0.29, 0.717) is 28.6 Å². The summed E-state index contributed by atoms with van der Waals surface area (Å²) >= 11 is 13.1. The summed E-state index contributed by atoms with van der Waals surface area (Å²) in [7, 11) is 0. The van der Waals surface area contributed by atoms with Crippen LogP contribution in [0.25, 0.3) is 6.08 Å². The molecule has 0 heterocycles. The van der Waals surface area contributed by atoms with Gasteiger partial charge in [0.2, 0.25) is 0 Å². The largest absolute Gasteiger partial charge is 0.491 e. The van der Waals surface area contributed by atoms with Crippen molar-refractivity contribution in [1.29, 1.82) is 5.26 Å². The molecule has 0 aromatic heterocycles. The Hall–Kier alpha value is -1.81. The molecule has 0 saturated carbocycles. The van der Waals surface area contributed by atoms with E-state index in [-0.39, 0.29) is 5.57 Å². The van der Waals surface area contributed by atoms with E-state index in [1.54, 1.807) is 24.3 Å². The third-order valence-electron chi connectivity index (χ3n) is 4.56. The van der Waals surface area contributed by atoms with Crippen LogP contribution in [0.2, 0.25) is 5.02 Å². The number of hydrogen-bond donors (Lipinski definition) is 1. The summed E-state index contributed by atoms with van der Waals surface area (Å²) in [6, 6.07) is 12.5. The van der Waals surface area contributed by atoms with Gasteiger partial charge in [0.05, 0.1) is 26.3 Å². The first-order valence-corrected chi connectivity index (χ1v) is 12.2. The predicted molar refractivity (Wildman–Crippen MR) is 134 cm³/mol. The number of ether oxygens (including phenoxy) is 1. The molecule has 1 amide bonds. The molecule has 4 nitrogen and oxygen atoms in total. The summed E-state index contributed by atoms with van der Waals surface area (Å²) < 4.78 is 7.43. The van der Waals surface area contributed by atoms with Crippen LogP contribution >= 0.6 is 43.5 Å². The molecule has 0 aliphatic rings. The fraction of sp³-hybridized carbons (Fsp3) is 0.333. The molecule has 0 radical (unpaired) electrons. The zero-order valence-corrected chi connectivity index (χ0v) is 21.3. The van der Waals surface area contributed by atoms with Crippen LogP contribution in [0.5, 0.6) is 5.75 Å². The van der Waals surface area contributed by atoms with Crippen molar-refractivity contribution in [2.24, 2.45) is 0 Å². The van der Waals surface area contributed by atoms with Gasteiger partial charge in [0.1, 0.15) is 17.4 Å². The lowest BCUT2D eigenvalue weighted by atomic mass is 10.1. The summed E-state index contributed by atoms with van der Waals surface area (Å²) in [6.45, 7) is 2.85. The number of anilines is 1. The zero-order chi connectivity index (χ0) is 22.6. The number of carbonyl (C=O) groups is 1. The lowest BCUT2D eigenvalue weighted by Gasteiger charge is -2.12. The van der Waals surface area contributed by atoms with Crippen LogP contribution in [0, 0.1) is 11.3 Å². The molecular weight excluding hydrogens is 544 g/mol. The monoisotopic (exact) mass is 566 g/mol. The van der Waals surface area contributed by atoms with Gasteiger partial charge in [-0.05, 0) is 74.2 Å². The maximum absolute atomic E-state index is 12.5. The Labute approximate surface area is 205 Å². The van der Waals surface area contributed by atoms with Crippen LogP contribution in [0.15, 0.2) is 50.9 Å². The van der Waals surface area contributed by atoms with E-state index >= 15 is 0 Å². The van der Waals surface area contributed by atoms with Crippen LogP contribution in [0.3, 0.4) is 0 Å². The molecule has 0 saturated heterocycles. The highest BCUT2D eigenvalue weighted by atomic mass is 79.9. The van der Waals surface area contributed by atoms with Crippen molar-refractivity contribution in [3.63, 3.8) is 0 Å². The van der Waals surface area contributed by atoms with E-state index < -0.39 is 5.91 Å². The van der Waals surface area contributed by atoms with Crippen molar-refractivity contribution in [2.45, 2.75) is 45.4 Å². The maximum Gasteiger partial charge on any atom is 0.266 e. The second-order valence-corrected chi connectivity index (χ2v) is 9.15. The molecule has 0 fully saturated rings. The Morgan fingerprint density at radius 3 is 2.42 bits per heavy atom. The van der Waals surface area contributed by atoms with Gasteiger partial charge < -0.3 is 10.1 Å². The van der Waals surface area contributed by atoms with Crippen LogP contribution in [-0.2, 0) is 4.79 Å². The number of hydrogen-bond acceptors (Lipinski definition) is 3. The quantitative estimate of drug-likeness (QED) is 0.169. The fourth-order valence-corrected chi connectivity index (χ4v) is 4.56. The fourth-order valence-electron chi connectivity index (χ4n) is 2.92. The van der Waals surface area contributed by atoms with Gasteiger partial charge >= 0.3 is 0 Å². The smallest absolute Gasteiger partial charge is 0.266 e. The van der Waals surface area contributed by atoms with Crippen molar-refractivity contribution in [3.8, 4) is 11.8 Å². The number of halogens is 3. The van der Waals surface area contributed by atoms with E-state index in [4.69, 9.17) is 16.3 Å². The Bertz CT molecular complexity index is 947. The number of para-hydroxylation sites is 1. The molecule has 0 aliphatic carbocycles. The molecule has 0 bridgehead atoms. The molecule has 1 N–H and O–H groups in total. The second-order valence-electron chi connectivity index (χ2n) is 7.03. The zero-order valence-electron chi connectivity index (χ0n) is 17.4. The molecule has 0 unspecified atom stereocenters. The second kappa shape index (κ2) is 13.6. The third-order valence-corrected chi connectivity index (χ3v) is 6.07. The van der Waals surface area contributed by atoms with E-state index in [1.165, 1.54) is 31.8 Å². The van der Waals surface area contributed by atoms with Crippen LogP contribution in [-0.4, -0.2) is 12.5 Å². The molecule has 0 atom stereocenters. The minimum absolute atomic E-state index is 0.0283. The Kier molecular flexibility index (Phi) is 11.1. The lowest BCUT2D eigenvalue weighted by Crippen LogP contribution is -2.13. The van der Waals surface area contributed by atoms with E-state index in [0.717, 1.165) is 21.8 Å². The standard InChI is InChI=1S/C24H25Br2ClN2O2/c1-2-3-4-5-6-9-12-31-23-19(25)14-17(15-20(23)26)13-18(16-28)24(30)29-22-11-8-7-10-21(22)27/h7-8,10-11,13-15H,2-6,9,12H2,1H3,(H,29,30)/b18-13+. The molecule has 31 heavy (non-hydrogen) atoms.